The molecule has 0 N–H and O–H groups in total. The van der Waals surface area contributed by atoms with Gasteiger partial charge in [-0.3, -0.25) is 4.90 Å². The molecule has 1 unspecified atom stereocenters. The van der Waals surface area contributed by atoms with Crippen LogP contribution in [-0.2, 0) is 24.3 Å². The summed E-state index contributed by atoms with van der Waals surface area (Å²) in [6.45, 7) is 6.33. The second-order valence-corrected chi connectivity index (χ2v) is 10.1. The van der Waals surface area contributed by atoms with Gasteiger partial charge in [-0.2, -0.15) is 0 Å². The summed E-state index contributed by atoms with van der Waals surface area (Å²) in [5.41, 5.74) is 1.30. The summed E-state index contributed by atoms with van der Waals surface area (Å²) < 4.78 is 32.0. The van der Waals surface area contributed by atoms with Crippen molar-refractivity contribution < 1.29 is 8.78 Å². The van der Waals surface area contributed by atoms with Gasteiger partial charge in [-0.25, -0.2) is 8.78 Å². The first kappa shape index (κ1) is 23.4. The third-order valence-corrected chi connectivity index (χ3v) is 8.00. The van der Waals surface area contributed by atoms with E-state index in [2.05, 4.69) is 43.0 Å². The van der Waals surface area contributed by atoms with Crippen molar-refractivity contribution in [2.75, 3.05) is 6.54 Å². The van der Waals surface area contributed by atoms with E-state index in [1.165, 1.54) is 5.56 Å². The lowest BCUT2D eigenvalue weighted by Gasteiger charge is -2.32. The Bertz CT molecular complexity index is 826. The summed E-state index contributed by atoms with van der Waals surface area (Å²) in [4.78, 5) is 2.47. The minimum Gasteiger partial charge on any atom is -0.297 e. The maximum atomic E-state index is 16.0. The normalized spacial score (nSPS) is 20.7. The van der Waals surface area contributed by atoms with Crippen LogP contribution in [0.4, 0.5) is 8.78 Å². The maximum Gasteiger partial charge on any atom is 0.136 e. The van der Waals surface area contributed by atoms with Crippen molar-refractivity contribution in [1.82, 2.24) is 4.90 Å². The number of hydrogen-bond donors (Lipinski definition) is 0. The zero-order chi connectivity index (χ0) is 22.6. The van der Waals surface area contributed by atoms with E-state index in [1.54, 1.807) is 0 Å². The molecule has 2 saturated carbocycles. The number of benzene rings is 2. The molecule has 174 valence electrons. The van der Waals surface area contributed by atoms with Gasteiger partial charge < -0.3 is 0 Å². The van der Waals surface area contributed by atoms with Crippen LogP contribution < -0.4 is 0 Å². The van der Waals surface area contributed by atoms with E-state index in [4.69, 9.17) is 0 Å². The molecular formula is C29H39F2N. The molecule has 2 aliphatic carbocycles. The molecule has 0 aromatic heterocycles. The monoisotopic (exact) mass is 439 g/mol. The third kappa shape index (κ3) is 4.93. The predicted molar refractivity (Wildman–Crippen MR) is 129 cm³/mol. The SMILES string of the molecule is CCN(Cc1ccccc1)C(C)CCc1c(C2(F)CCCC2)cccc1C1(F)CCCC1. The molecule has 0 amide bonds. The fourth-order valence-corrected chi connectivity index (χ4v) is 6.04. The van der Waals surface area contributed by atoms with Crippen LogP contribution in [0, 0.1) is 0 Å². The lowest BCUT2D eigenvalue weighted by atomic mass is 9.80. The molecule has 2 fully saturated rings. The number of alkyl halides is 2. The van der Waals surface area contributed by atoms with Gasteiger partial charge in [0, 0.05) is 12.6 Å². The largest absolute Gasteiger partial charge is 0.297 e. The van der Waals surface area contributed by atoms with Crippen molar-refractivity contribution >= 4 is 0 Å². The van der Waals surface area contributed by atoms with E-state index in [9.17, 15) is 0 Å². The second kappa shape index (κ2) is 10.0. The fraction of sp³-hybridized carbons (Fsp3) is 0.586. The van der Waals surface area contributed by atoms with Gasteiger partial charge in [-0.05, 0) is 99.9 Å². The van der Waals surface area contributed by atoms with E-state index in [1.807, 2.05) is 24.3 Å². The average Bonchev–Trinajstić information content (AvgIpc) is 3.46. The molecule has 3 heteroatoms. The Morgan fingerprint density at radius 1 is 0.812 bits per heavy atom. The average molecular weight is 440 g/mol. The van der Waals surface area contributed by atoms with Gasteiger partial charge in [0.2, 0.25) is 0 Å². The van der Waals surface area contributed by atoms with Gasteiger partial charge in [0.1, 0.15) is 11.3 Å². The second-order valence-electron chi connectivity index (χ2n) is 10.1. The van der Waals surface area contributed by atoms with E-state index in [0.29, 0.717) is 31.7 Å². The fourth-order valence-electron chi connectivity index (χ4n) is 6.04. The Balaban J connectivity index is 1.58. The molecule has 0 saturated heterocycles. The van der Waals surface area contributed by atoms with Gasteiger partial charge >= 0.3 is 0 Å². The lowest BCUT2D eigenvalue weighted by Crippen LogP contribution is -2.33. The Kier molecular flexibility index (Phi) is 7.34. The summed E-state index contributed by atoms with van der Waals surface area (Å²) in [7, 11) is 0. The smallest absolute Gasteiger partial charge is 0.136 e. The van der Waals surface area contributed by atoms with E-state index in [0.717, 1.165) is 68.3 Å². The lowest BCUT2D eigenvalue weighted by molar-refractivity contribution is 0.161. The zero-order valence-electron chi connectivity index (χ0n) is 19.9. The molecule has 1 nitrogen and oxygen atoms in total. The van der Waals surface area contributed by atoms with Gasteiger partial charge in [0.05, 0.1) is 0 Å². The zero-order valence-corrected chi connectivity index (χ0v) is 19.9. The summed E-state index contributed by atoms with van der Waals surface area (Å²) in [6, 6.07) is 16.7. The van der Waals surface area contributed by atoms with Crippen molar-refractivity contribution in [2.24, 2.45) is 0 Å². The Morgan fingerprint density at radius 3 is 1.84 bits per heavy atom. The molecule has 32 heavy (non-hydrogen) atoms. The molecule has 2 aliphatic rings. The summed E-state index contributed by atoms with van der Waals surface area (Å²) >= 11 is 0. The van der Waals surface area contributed by atoms with Crippen LogP contribution in [0.3, 0.4) is 0 Å². The van der Waals surface area contributed by atoms with Crippen LogP contribution in [0.1, 0.15) is 93.9 Å². The Hall–Kier alpha value is -1.74. The van der Waals surface area contributed by atoms with Crippen molar-refractivity contribution in [3.8, 4) is 0 Å². The van der Waals surface area contributed by atoms with Crippen LogP contribution in [0.5, 0.6) is 0 Å². The minimum atomic E-state index is -1.28. The molecule has 0 radical (unpaired) electrons. The van der Waals surface area contributed by atoms with Crippen LogP contribution in [-0.4, -0.2) is 17.5 Å². The molecule has 0 spiro atoms. The highest BCUT2D eigenvalue weighted by Gasteiger charge is 2.42. The first-order valence-electron chi connectivity index (χ1n) is 12.7. The van der Waals surface area contributed by atoms with E-state index < -0.39 is 11.3 Å². The van der Waals surface area contributed by atoms with Gasteiger partial charge in [-0.1, -0.05) is 55.5 Å². The predicted octanol–water partition coefficient (Wildman–Crippen LogP) is 8.01. The Morgan fingerprint density at radius 2 is 1.34 bits per heavy atom. The third-order valence-electron chi connectivity index (χ3n) is 8.00. The van der Waals surface area contributed by atoms with E-state index in [-0.39, 0.29) is 0 Å². The molecular weight excluding hydrogens is 400 g/mol. The molecule has 1 atom stereocenters. The van der Waals surface area contributed by atoms with Crippen molar-refractivity contribution in [2.45, 2.75) is 102 Å². The summed E-state index contributed by atoms with van der Waals surface area (Å²) in [6.07, 6.45) is 7.68. The van der Waals surface area contributed by atoms with Crippen molar-refractivity contribution in [1.29, 1.82) is 0 Å². The highest BCUT2D eigenvalue weighted by Crippen LogP contribution is 2.49. The first-order chi connectivity index (χ1) is 15.5. The highest BCUT2D eigenvalue weighted by atomic mass is 19.1. The van der Waals surface area contributed by atoms with Crippen molar-refractivity contribution in [3.05, 3.63) is 70.8 Å². The molecule has 0 aliphatic heterocycles. The number of rotatable bonds is 9. The van der Waals surface area contributed by atoms with Gasteiger partial charge in [-0.15, -0.1) is 0 Å². The van der Waals surface area contributed by atoms with Crippen LogP contribution in [0.15, 0.2) is 48.5 Å². The first-order valence-corrected chi connectivity index (χ1v) is 12.7. The maximum absolute atomic E-state index is 16.0. The van der Waals surface area contributed by atoms with E-state index >= 15 is 8.78 Å². The van der Waals surface area contributed by atoms with Crippen LogP contribution >= 0.6 is 0 Å². The molecule has 2 aromatic carbocycles. The van der Waals surface area contributed by atoms with Crippen LogP contribution in [0.2, 0.25) is 0 Å². The number of halogens is 2. The molecule has 0 bridgehead atoms. The molecule has 4 rings (SSSR count). The molecule has 2 aromatic rings. The summed E-state index contributed by atoms with van der Waals surface area (Å²) in [5, 5.41) is 0. The van der Waals surface area contributed by atoms with Crippen LogP contribution in [0.25, 0.3) is 0 Å². The van der Waals surface area contributed by atoms with Crippen molar-refractivity contribution in [3.63, 3.8) is 0 Å². The van der Waals surface area contributed by atoms with Gasteiger partial charge in [0.15, 0.2) is 0 Å². The summed E-state index contributed by atoms with van der Waals surface area (Å²) in [5.74, 6) is 0. The highest BCUT2D eigenvalue weighted by molar-refractivity contribution is 5.43. The minimum absolute atomic E-state index is 0.347. The molecule has 0 heterocycles. The van der Waals surface area contributed by atoms with Gasteiger partial charge in [0.25, 0.3) is 0 Å². The number of hydrogen-bond acceptors (Lipinski definition) is 1. The number of nitrogens with zero attached hydrogens (tertiary/aromatic N) is 1. The Labute approximate surface area is 193 Å². The standard InChI is InChI=1S/C29H39F2N/c1-3-32(22-24-12-5-4-6-13-24)23(2)16-17-25-26(28(30)18-7-8-19-28)14-11-15-27(25)29(31)20-9-10-21-29/h4-6,11-15,23H,3,7-10,16-22H2,1-2H3. The topological polar surface area (TPSA) is 3.24 Å². The quantitative estimate of drug-likeness (QED) is 0.382.